The Morgan fingerprint density at radius 1 is 1.25 bits per heavy atom. The molecule has 0 radical (unpaired) electrons. The average molecular weight is 108 g/mol. The summed E-state index contributed by atoms with van der Waals surface area (Å²) in [4.78, 5) is 0. The lowest BCUT2D eigenvalue weighted by molar-refractivity contribution is -0.267. The molecule has 1 aromatic rings. The third-order valence-electron chi connectivity index (χ3n) is 0.919. The van der Waals surface area contributed by atoms with Crippen LogP contribution in [0.3, 0.4) is 0 Å². The topological polar surface area (TPSA) is 49.1 Å². The van der Waals surface area contributed by atoms with E-state index < -0.39 is 0 Å². The van der Waals surface area contributed by atoms with Crippen molar-refractivity contribution >= 4 is 5.69 Å². The molecule has 2 heteroatoms. The summed E-state index contributed by atoms with van der Waals surface area (Å²) in [6.07, 6.45) is 0. The molecule has 0 spiro atoms. The quantitative estimate of drug-likeness (QED) is 0.487. The smallest absolute Gasteiger partial charge is 0.0234 e. The second kappa shape index (κ2) is 1.74. The van der Waals surface area contributed by atoms with Gasteiger partial charge < -0.3 is 10.8 Å². The van der Waals surface area contributed by atoms with Gasteiger partial charge in [0.25, 0.3) is 0 Å². The van der Waals surface area contributed by atoms with Gasteiger partial charge in [-0.05, 0) is 6.07 Å². The van der Waals surface area contributed by atoms with E-state index in [1.807, 2.05) is 0 Å². The molecule has 42 valence electrons. The Morgan fingerprint density at radius 2 is 1.88 bits per heavy atom. The summed E-state index contributed by atoms with van der Waals surface area (Å²) in [6.45, 7) is 0. The van der Waals surface area contributed by atoms with Crippen LogP contribution in [0.25, 0.3) is 0 Å². The Bertz CT molecular complexity index is 165. The van der Waals surface area contributed by atoms with E-state index in [0.29, 0.717) is 5.69 Å². The molecular weight excluding hydrogens is 102 g/mol. The number of benzene rings is 1. The Balaban J connectivity index is 3.13. The van der Waals surface area contributed by atoms with Gasteiger partial charge in [0.15, 0.2) is 0 Å². The number of para-hydroxylation sites is 2. The zero-order chi connectivity index (χ0) is 5.98. The zero-order valence-electron chi connectivity index (χ0n) is 4.29. The lowest BCUT2D eigenvalue weighted by Crippen LogP contribution is -1.94. The summed E-state index contributed by atoms with van der Waals surface area (Å²) < 4.78 is 0. The molecule has 1 rings (SSSR count). The summed E-state index contributed by atoms with van der Waals surface area (Å²) in [7, 11) is 0. The van der Waals surface area contributed by atoms with E-state index in [-0.39, 0.29) is 5.75 Å². The highest BCUT2D eigenvalue weighted by Crippen LogP contribution is 2.12. The van der Waals surface area contributed by atoms with E-state index in [2.05, 4.69) is 0 Å². The molecule has 0 aliphatic rings. The minimum Gasteiger partial charge on any atom is -0.871 e. The Hall–Kier alpha value is -1.18. The van der Waals surface area contributed by atoms with Crippen molar-refractivity contribution in [1.82, 2.24) is 0 Å². The van der Waals surface area contributed by atoms with Crippen molar-refractivity contribution < 1.29 is 5.11 Å². The summed E-state index contributed by atoms with van der Waals surface area (Å²) in [5, 5.41) is 10.5. The van der Waals surface area contributed by atoms with Crippen LogP contribution in [-0.4, -0.2) is 0 Å². The van der Waals surface area contributed by atoms with Gasteiger partial charge in [-0.3, -0.25) is 0 Å². The number of nitrogens with two attached hydrogens (primary N) is 1. The molecule has 0 fully saturated rings. The normalized spacial score (nSPS) is 9.00. The molecule has 0 aliphatic heterocycles. The monoisotopic (exact) mass is 108 g/mol. The van der Waals surface area contributed by atoms with Gasteiger partial charge in [0.2, 0.25) is 0 Å². The van der Waals surface area contributed by atoms with Gasteiger partial charge in [-0.1, -0.05) is 23.9 Å². The van der Waals surface area contributed by atoms with Crippen LogP contribution in [0.5, 0.6) is 5.75 Å². The first-order chi connectivity index (χ1) is 3.80. The summed E-state index contributed by atoms with van der Waals surface area (Å²) in [6, 6.07) is 6.42. The van der Waals surface area contributed by atoms with Crippen LogP contribution < -0.4 is 10.8 Å². The highest BCUT2D eigenvalue weighted by Gasteiger charge is 1.78. The second-order valence-corrected chi connectivity index (χ2v) is 1.54. The standard InChI is InChI=1S/C6H7NO/c7-5-3-1-2-4-6(5)8/h1-4,8H,7H2/p-1. The Labute approximate surface area is 47.6 Å². The number of hydrogen-bond acceptors (Lipinski definition) is 2. The van der Waals surface area contributed by atoms with Crippen molar-refractivity contribution in [3.8, 4) is 5.75 Å². The first-order valence-electron chi connectivity index (χ1n) is 2.32. The molecule has 0 saturated heterocycles. The fourth-order valence-corrected chi connectivity index (χ4v) is 0.481. The van der Waals surface area contributed by atoms with Crippen LogP contribution in [0.4, 0.5) is 5.69 Å². The van der Waals surface area contributed by atoms with Crippen molar-refractivity contribution in [2.75, 3.05) is 5.73 Å². The minimum atomic E-state index is -0.104. The predicted molar refractivity (Wildman–Crippen MR) is 30.3 cm³/mol. The lowest BCUT2D eigenvalue weighted by atomic mass is 10.3. The van der Waals surface area contributed by atoms with Crippen molar-refractivity contribution in [3.05, 3.63) is 24.3 Å². The number of anilines is 1. The van der Waals surface area contributed by atoms with Gasteiger partial charge in [-0.25, -0.2) is 0 Å². The van der Waals surface area contributed by atoms with Gasteiger partial charge in [-0.2, -0.15) is 0 Å². The van der Waals surface area contributed by atoms with Gasteiger partial charge in [0.1, 0.15) is 0 Å². The highest BCUT2D eigenvalue weighted by atomic mass is 16.3. The van der Waals surface area contributed by atoms with E-state index in [1.165, 1.54) is 6.07 Å². The summed E-state index contributed by atoms with van der Waals surface area (Å²) in [5.41, 5.74) is 5.52. The Kier molecular flexibility index (Phi) is 1.08. The van der Waals surface area contributed by atoms with Crippen LogP contribution in [0.2, 0.25) is 0 Å². The third kappa shape index (κ3) is 0.729. The van der Waals surface area contributed by atoms with Crippen LogP contribution in [0.1, 0.15) is 0 Å². The maximum absolute atomic E-state index is 10.5. The molecule has 0 aliphatic carbocycles. The average Bonchev–Trinajstić information content (AvgIpc) is 1.77. The molecule has 0 amide bonds. The number of rotatable bonds is 0. The molecule has 0 saturated carbocycles. The van der Waals surface area contributed by atoms with E-state index in [4.69, 9.17) is 5.73 Å². The van der Waals surface area contributed by atoms with Crippen molar-refractivity contribution in [2.45, 2.75) is 0 Å². The molecule has 0 bridgehead atoms. The molecular formula is C6H6NO-. The van der Waals surface area contributed by atoms with Gasteiger partial charge in [0, 0.05) is 5.69 Å². The van der Waals surface area contributed by atoms with Crippen LogP contribution >= 0.6 is 0 Å². The zero-order valence-corrected chi connectivity index (χ0v) is 4.29. The molecule has 0 aromatic heterocycles. The van der Waals surface area contributed by atoms with Gasteiger partial charge in [-0.15, -0.1) is 0 Å². The van der Waals surface area contributed by atoms with Crippen molar-refractivity contribution in [3.63, 3.8) is 0 Å². The van der Waals surface area contributed by atoms with E-state index >= 15 is 0 Å². The molecule has 0 unspecified atom stereocenters. The van der Waals surface area contributed by atoms with Crippen LogP contribution in [-0.2, 0) is 0 Å². The number of hydrogen-bond donors (Lipinski definition) is 1. The molecule has 1 aromatic carbocycles. The Morgan fingerprint density at radius 3 is 2.25 bits per heavy atom. The SMILES string of the molecule is Nc1ccccc1[O-]. The summed E-state index contributed by atoms with van der Waals surface area (Å²) in [5.74, 6) is -0.104. The maximum Gasteiger partial charge on any atom is 0.0234 e. The van der Waals surface area contributed by atoms with E-state index in [0.717, 1.165) is 0 Å². The molecule has 0 heterocycles. The fraction of sp³-hybridized carbons (Fsp3) is 0. The predicted octanol–water partition coefficient (Wildman–Crippen LogP) is 0.342. The first kappa shape index (κ1) is 4.97. The third-order valence-corrected chi connectivity index (χ3v) is 0.919. The van der Waals surface area contributed by atoms with Crippen molar-refractivity contribution in [1.29, 1.82) is 0 Å². The van der Waals surface area contributed by atoms with E-state index in [9.17, 15) is 5.11 Å². The van der Waals surface area contributed by atoms with Crippen molar-refractivity contribution in [2.24, 2.45) is 0 Å². The second-order valence-electron chi connectivity index (χ2n) is 1.54. The van der Waals surface area contributed by atoms with Crippen LogP contribution in [0, 0.1) is 0 Å². The fourth-order valence-electron chi connectivity index (χ4n) is 0.481. The number of nitrogen functional groups attached to an aromatic ring is 1. The van der Waals surface area contributed by atoms with Gasteiger partial charge >= 0.3 is 0 Å². The largest absolute Gasteiger partial charge is 0.871 e. The minimum absolute atomic E-state index is 0.104. The van der Waals surface area contributed by atoms with Gasteiger partial charge in [0.05, 0.1) is 0 Å². The van der Waals surface area contributed by atoms with E-state index in [1.54, 1.807) is 18.2 Å². The molecule has 2 N–H and O–H groups in total. The maximum atomic E-state index is 10.5. The highest BCUT2D eigenvalue weighted by molar-refractivity contribution is 5.49. The lowest BCUT2D eigenvalue weighted by Gasteiger charge is -2.05. The summed E-state index contributed by atoms with van der Waals surface area (Å²) >= 11 is 0. The van der Waals surface area contributed by atoms with Crippen LogP contribution in [0.15, 0.2) is 24.3 Å². The molecule has 2 nitrogen and oxygen atoms in total. The molecule has 0 atom stereocenters. The molecule has 8 heavy (non-hydrogen) atoms. The first-order valence-corrected chi connectivity index (χ1v) is 2.32.